The van der Waals surface area contributed by atoms with Crippen LogP contribution >= 0.6 is 47.4 Å². The summed E-state index contributed by atoms with van der Waals surface area (Å²) in [6.07, 6.45) is 5.16. The van der Waals surface area contributed by atoms with Crippen LogP contribution in [0.1, 0.15) is 37.7 Å². The van der Waals surface area contributed by atoms with Gasteiger partial charge in [-0.1, -0.05) is 72.2 Å². The topological polar surface area (TPSA) is 44.7 Å². The molecule has 4 nitrogen and oxygen atoms in total. The first-order chi connectivity index (χ1) is 14.1. The number of piperazine rings is 1. The number of hydrogen-bond acceptors (Lipinski definition) is 4. The van der Waals surface area contributed by atoms with Gasteiger partial charge in [0.15, 0.2) is 0 Å². The van der Waals surface area contributed by atoms with E-state index in [1.54, 1.807) is 0 Å². The van der Waals surface area contributed by atoms with Crippen LogP contribution in [0.4, 0.5) is 0 Å². The van der Waals surface area contributed by atoms with Crippen molar-refractivity contribution in [2.75, 3.05) is 32.7 Å². The first-order valence-corrected chi connectivity index (χ1v) is 11.8. The zero-order chi connectivity index (χ0) is 20.2. The predicted octanol–water partition coefficient (Wildman–Crippen LogP) is 5.55. The molecule has 4 rings (SSSR count). The van der Waals surface area contributed by atoms with Crippen molar-refractivity contribution < 1.29 is 9.84 Å². The molecule has 2 aromatic carbocycles. The van der Waals surface area contributed by atoms with Crippen molar-refractivity contribution in [2.24, 2.45) is 0 Å². The van der Waals surface area contributed by atoms with Crippen molar-refractivity contribution in [3.63, 3.8) is 0 Å². The van der Waals surface area contributed by atoms with Gasteiger partial charge in [0.2, 0.25) is 0 Å². The zero-order valence-electron chi connectivity index (χ0n) is 17.8. The summed E-state index contributed by atoms with van der Waals surface area (Å²) in [6, 6.07) is 18.3. The fourth-order valence-electron chi connectivity index (χ4n) is 4.65. The molecule has 1 saturated carbocycles. The Morgan fingerprint density at radius 3 is 2.26 bits per heavy atom. The summed E-state index contributed by atoms with van der Waals surface area (Å²) in [6.45, 7) is 4.95. The lowest BCUT2D eigenvalue weighted by Crippen LogP contribution is -2.57. The van der Waals surface area contributed by atoms with E-state index >= 15 is 0 Å². The van der Waals surface area contributed by atoms with E-state index < -0.39 is 5.60 Å². The first-order valence-electron chi connectivity index (χ1n) is 10.8. The van der Waals surface area contributed by atoms with Crippen molar-refractivity contribution in [3.05, 3.63) is 60.2 Å². The average Bonchev–Trinajstić information content (AvgIpc) is 2.76. The van der Waals surface area contributed by atoms with Gasteiger partial charge in [0.25, 0.3) is 0 Å². The number of halogens is 3. The van der Waals surface area contributed by atoms with Gasteiger partial charge in [0.05, 0.1) is 9.02 Å². The van der Waals surface area contributed by atoms with Gasteiger partial charge in [0.1, 0.15) is 11.5 Å². The van der Waals surface area contributed by atoms with E-state index in [1.807, 2.05) is 36.4 Å². The molecule has 0 aromatic heterocycles. The molecular weight excluding hydrogens is 546 g/mol. The number of para-hydroxylation sites is 1. The van der Waals surface area contributed by atoms with E-state index in [9.17, 15) is 5.11 Å². The minimum absolute atomic E-state index is 0. The van der Waals surface area contributed by atoms with E-state index in [4.69, 9.17) is 4.74 Å². The second-order valence-corrected chi connectivity index (χ2v) is 10.2. The molecule has 2 aliphatic rings. The Balaban J connectivity index is 0.00000171. The van der Waals surface area contributed by atoms with Gasteiger partial charge < -0.3 is 15.2 Å². The van der Waals surface area contributed by atoms with Crippen LogP contribution in [0.2, 0.25) is 0 Å². The third-order valence-electron chi connectivity index (χ3n) is 6.34. The maximum atomic E-state index is 11.9. The molecule has 2 N–H and O–H groups in total. The summed E-state index contributed by atoms with van der Waals surface area (Å²) in [5.41, 5.74) is 0.469. The number of aliphatic hydroxyl groups is 1. The Kier molecular flexibility index (Phi) is 10.4. The van der Waals surface area contributed by atoms with Crippen molar-refractivity contribution in [1.29, 1.82) is 0 Å². The summed E-state index contributed by atoms with van der Waals surface area (Å²) >= 11 is 2.56. The molecule has 1 heterocycles. The Labute approximate surface area is 212 Å². The lowest BCUT2D eigenvalue weighted by molar-refractivity contribution is -0.0388. The maximum Gasteiger partial charge on any atom is 0.127 e. The highest BCUT2D eigenvalue weighted by molar-refractivity contribution is 14.1. The largest absolute Gasteiger partial charge is 0.457 e. The maximum absolute atomic E-state index is 11.9. The summed E-state index contributed by atoms with van der Waals surface area (Å²) in [7, 11) is 0. The van der Waals surface area contributed by atoms with E-state index in [2.05, 4.69) is 51.0 Å². The quantitative estimate of drug-likeness (QED) is 0.348. The molecule has 7 heteroatoms. The molecule has 0 radical (unpaired) electrons. The number of hydrogen-bond donors (Lipinski definition) is 2. The Hall–Kier alpha value is -0.570. The highest BCUT2D eigenvalue weighted by Gasteiger charge is 2.51. The van der Waals surface area contributed by atoms with Gasteiger partial charge in [0, 0.05) is 32.7 Å². The molecule has 1 unspecified atom stereocenters. The predicted molar refractivity (Wildman–Crippen MR) is 140 cm³/mol. The number of nitrogens with one attached hydrogen (secondary N) is 1. The third-order valence-corrected chi connectivity index (χ3v) is 8.31. The monoisotopic (exact) mass is 578 g/mol. The van der Waals surface area contributed by atoms with Crippen LogP contribution in [0.25, 0.3) is 0 Å². The number of ether oxygens (including phenoxy) is 1. The number of benzene rings is 2. The SMILES string of the molecule is Cl.Cl.OC1(C(I)(CN2CCNCC2)c2cccc(Oc3ccccc3)c2)CCCCC1. The van der Waals surface area contributed by atoms with Crippen LogP contribution in [-0.2, 0) is 3.42 Å². The summed E-state index contributed by atoms with van der Waals surface area (Å²) in [5, 5.41) is 15.3. The molecule has 172 valence electrons. The minimum atomic E-state index is -0.692. The van der Waals surface area contributed by atoms with E-state index in [-0.39, 0.29) is 28.2 Å². The number of rotatable bonds is 6. The fraction of sp³-hybridized carbons (Fsp3) is 0.500. The molecule has 31 heavy (non-hydrogen) atoms. The summed E-state index contributed by atoms with van der Waals surface area (Å²) < 4.78 is 5.75. The smallest absolute Gasteiger partial charge is 0.127 e. The number of nitrogens with zero attached hydrogens (tertiary/aromatic N) is 1. The lowest BCUT2D eigenvalue weighted by Gasteiger charge is -2.49. The zero-order valence-corrected chi connectivity index (χ0v) is 21.6. The molecule has 1 saturated heterocycles. The van der Waals surface area contributed by atoms with Gasteiger partial charge in [-0.15, -0.1) is 24.8 Å². The van der Waals surface area contributed by atoms with Crippen molar-refractivity contribution >= 4 is 47.4 Å². The van der Waals surface area contributed by atoms with Crippen LogP contribution in [0.15, 0.2) is 54.6 Å². The molecule has 0 amide bonds. The van der Waals surface area contributed by atoms with Crippen molar-refractivity contribution in [1.82, 2.24) is 10.2 Å². The lowest BCUT2D eigenvalue weighted by atomic mass is 9.72. The molecule has 2 aromatic rings. The Bertz CT molecular complexity index is 799. The third kappa shape index (κ3) is 6.27. The number of alkyl halides is 1. The highest BCUT2D eigenvalue weighted by atomic mass is 127. The van der Waals surface area contributed by atoms with E-state index in [0.29, 0.717) is 0 Å². The van der Waals surface area contributed by atoms with Crippen molar-refractivity contribution in [3.8, 4) is 11.5 Å². The normalized spacial score (nSPS) is 20.6. The van der Waals surface area contributed by atoms with Gasteiger partial charge >= 0.3 is 0 Å². The van der Waals surface area contributed by atoms with Crippen LogP contribution in [-0.4, -0.2) is 48.3 Å². The second-order valence-electron chi connectivity index (χ2n) is 8.36. The Morgan fingerprint density at radius 2 is 1.58 bits per heavy atom. The standard InChI is InChI=1S/C24H31IN2O2.2ClH/c25-24(19-27-16-14-26-15-17-27,23(28)12-5-2-6-13-23)20-8-7-11-22(18-20)29-21-9-3-1-4-10-21;;/h1,3-4,7-11,18,26,28H,2,5-6,12-17,19H2;2*1H. The van der Waals surface area contributed by atoms with Gasteiger partial charge in [-0.3, -0.25) is 4.90 Å². The highest BCUT2D eigenvalue weighted by Crippen LogP contribution is 2.50. The molecule has 0 bridgehead atoms. The van der Waals surface area contributed by atoms with Crippen LogP contribution in [0.5, 0.6) is 11.5 Å². The molecule has 2 fully saturated rings. The molecule has 0 spiro atoms. The average molecular weight is 579 g/mol. The van der Waals surface area contributed by atoms with Crippen LogP contribution < -0.4 is 10.1 Å². The van der Waals surface area contributed by atoms with Crippen LogP contribution in [0.3, 0.4) is 0 Å². The van der Waals surface area contributed by atoms with E-state index in [0.717, 1.165) is 75.5 Å². The van der Waals surface area contributed by atoms with Gasteiger partial charge in [-0.2, -0.15) is 0 Å². The minimum Gasteiger partial charge on any atom is -0.457 e. The van der Waals surface area contributed by atoms with Crippen molar-refractivity contribution in [2.45, 2.75) is 41.1 Å². The summed E-state index contributed by atoms with van der Waals surface area (Å²) in [4.78, 5) is 2.50. The first kappa shape index (κ1) is 26.7. The fourth-order valence-corrected chi connectivity index (χ4v) is 6.01. The van der Waals surface area contributed by atoms with Gasteiger partial charge in [-0.25, -0.2) is 0 Å². The summed E-state index contributed by atoms with van der Waals surface area (Å²) in [5.74, 6) is 1.66. The molecule has 1 aliphatic heterocycles. The van der Waals surface area contributed by atoms with Gasteiger partial charge in [-0.05, 0) is 42.7 Å². The molecule has 1 atom stereocenters. The van der Waals surface area contributed by atoms with E-state index in [1.165, 1.54) is 6.42 Å². The second kappa shape index (κ2) is 12.1. The molecule has 1 aliphatic carbocycles. The molecular formula is C24H33Cl2IN2O2. The van der Waals surface area contributed by atoms with Crippen LogP contribution in [0, 0.1) is 0 Å². The Morgan fingerprint density at radius 1 is 0.935 bits per heavy atom.